The second-order valence-corrected chi connectivity index (χ2v) is 6.41. The van der Waals surface area contributed by atoms with Crippen LogP contribution in [0.1, 0.15) is 38.5 Å². The van der Waals surface area contributed by atoms with Gasteiger partial charge in [-0.3, -0.25) is 14.5 Å². The molecule has 112 valence electrons. The van der Waals surface area contributed by atoms with Crippen molar-refractivity contribution in [3.63, 3.8) is 0 Å². The van der Waals surface area contributed by atoms with Crippen LogP contribution < -0.4 is 5.73 Å². The molecule has 0 radical (unpaired) electrons. The number of likely N-dealkylation sites (tertiary alicyclic amines) is 2. The van der Waals surface area contributed by atoms with Crippen LogP contribution in [0, 0.1) is 0 Å². The summed E-state index contributed by atoms with van der Waals surface area (Å²) < 4.78 is 0. The van der Waals surface area contributed by atoms with Gasteiger partial charge in [0.25, 0.3) is 0 Å². The van der Waals surface area contributed by atoms with Crippen molar-refractivity contribution in [3.8, 4) is 0 Å². The number of hydrogen-bond acceptors (Lipinski definition) is 4. The van der Waals surface area contributed by atoms with Gasteiger partial charge in [-0.05, 0) is 45.1 Å². The summed E-state index contributed by atoms with van der Waals surface area (Å²) in [6.07, 6.45) is 5.05. The number of aliphatic carboxylic acids is 1. The molecule has 0 aromatic carbocycles. The summed E-state index contributed by atoms with van der Waals surface area (Å²) >= 11 is 0. The van der Waals surface area contributed by atoms with Crippen molar-refractivity contribution in [2.45, 2.75) is 56.1 Å². The number of carbonyl (C=O) groups is 2. The maximum atomic E-state index is 12.2. The number of nitrogens with two attached hydrogens (primary N) is 1. The van der Waals surface area contributed by atoms with E-state index in [-0.39, 0.29) is 11.9 Å². The van der Waals surface area contributed by atoms with Gasteiger partial charge >= 0.3 is 5.97 Å². The Labute approximate surface area is 118 Å². The van der Waals surface area contributed by atoms with E-state index in [2.05, 4.69) is 4.90 Å². The molecule has 0 aromatic rings. The van der Waals surface area contributed by atoms with Crippen molar-refractivity contribution in [3.05, 3.63) is 0 Å². The van der Waals surface area contributed by atoms with Crippen LogP contribution in [-0.4, -0.2) is 64.0 Å². The van der Waals surface area contributed by atoms with Gasteiger partial charge in [0.05, 0.1) is 5.54 Å². The monoisotopic (exact) mass is 281 g/mol. The lowest BCUT2D eigenvalue weighted by atomic mass is 10.0. The molecule has 1 aliphatic carbocycles. The van der Waals surface area contributed by atoms with Crippen LogP contribution >= 0.6 is 0 Å². The molecule has 6 nitrogen and oxygen atoms in total. The van der Waals surface area contributed by atoms with Gasteiger partial charge < -0.3 is 15.7 Å². The van der Waals surface area contributed by atoms with E-state index in [1.54, 1.807) is 0 Å². The van der Waals surface area contributed by atoms with E-state index in [4.69, 9.17) is 5.73 Å². The third-order valence-corrected chi connectivity index (χ3v) is 5.01. The van der Waals surface area contributed by atoms with E-state index in [1.807, 2.05) is 4.90 Å². The Balaban J connectivity index is 1.56. The van der Waals surface area contributed by atoms with Crippen LogP contribution in [0.25, 0.3) is 0 Å². The Kier molecular flexibility index (Phi) is 3.46. The van der Waals surface area contributed by atoms with Gasteiger partial charge in [-0.15, -0.1) is 0 Å². The zero-order valence-corrected chi connectivity index (χ0v) is 11.8. The number of rotatable bonds is 3. The van der Waals surface area contributed by atoms with Gasteiger partial charge in [0, 0.05) is 19.1 Å². The molecule has 3 rings (SSSR count). The summed E-state index contributed by atoms with van der Waals surface area (Å²) in [7, 11) is 0. The molecule has 3 N–H and O–H groups in total. The van der Waals surface area contributed by atoms with Gasteiger partial charge in [-0.1, -0.05) is 0 Å². The quantitative estimate of drug-likeness (QED) is 0.761. The highest BCUT2D eigenvalue weighted by atomic mass is 16.4. The van der Waals surface area contributed by atoms with E-state index >= 15 is 0 Å². The average Bonchev–Trinajstić information content (AvgIpc) is 3.02. The average molecular weight is 281 g/mol. The molecule has 0 bridgehead atoms. The van der Waals surface area contributed by atoms with Crippen molar-refractivity contribution >= 4 is 11.9 Å². The largest absolute Gasteiger partial charge is 0.480 e. The van der Waals surface area contributed by atoms with Crippen molar-refractivity contribution in [1.82, 2.24) is 9.80 Å². The Hall–Kier alpha value is -1.14. The Morgan fingerprint density at radius 3 is 2.30 bits per heavy atom. The number of carboxylic acids is 1. The predicted octanol–water partition coefficient (Wildman–Crippen LogP) is 0.0177. The number of hydrogen-bond donors (Lipinski definition) is 2. The zero-order chi connectivity index (χ0) is 14.3. The van der Waals surface area contributed by atoms with Crippen LogP contribution in [-0.2, 0) is 9.59 Å². The topological polar surface area (TPSA) is 86.9 Å². The number of carbonyl (C=O) groups excluding carboxylic acids is 1. The Morgan fingerprint density at radius 1 is 1.10 bits per heavy atom. The van der Waals surface area contributed by atoms with Crippen molar-refractivity contribution in [2.24, 2.45) is 5.73 Å². The lowest BCUT2D eigenvalue weighted by molar-refractivity contribution is -0.144. The van der Waals surface area contributed by atoms with Crippen molar-refractivity contribution < 1.29 is 14.7 Å². The van der Waals surface area contributed by atoms with Gasteiger partial charge in [0.2, 0.25) is 5.91 Å². The SMILES string of the molecule is NC1(C(=O)N2CCC(N3CCCC3C(=O)O)CC2)CC1. The maximum Gasteiger partial charge on any atom is 0.320 e. The first-order chi connectivity index (χ1) is 9.51. The fourth-order valence-electron chi connectivity index (χ4n) is 3.56. The van der Waals surface area contributed by atoms with Crippen LogP contribution in [0.15, 0.2) is 0 Å². The number of piperidine rings is 1. The highest BCUT2D eigenvalue weighted by Crippen LogP contribution is 2.35. The van der Waals surface area contributed by atoms with Gasteiger partial charge in [0.15, 0.2) is 0 Å². The van der Waals surface area contributed by atoms with Gasteiger partial charge in [0.1, 0.15) is 6.04 Å². The minimum Gasteiger partial charge on any atom is -0.480 e. The second kappa shape index (κ2) is 5.00. The molecule has 0 aromatic heterocycles. The van der Waals surface area contributed by atoms with E-state index in [9.17, 15) is 14.7 Å². The normalized spacial score (nSPS) is 30.4. The molecule has 2 saturated heterocycles. The molecule has 2 heterocycles. The molecular weight excluding hydrogens is 258 g/mol. The first kappa shape index (κ1) is 13.8. The van der Waals surface area contributed by atoms with Crippen molar-refractivity contribution in [1.29, 1.82) is 0 Å². The summed E-state index contributed by atoms with van der Waals surface area (Å²) in [5.41, 5.74) is 5.38. The summed E-state index contributed by atoms with van der Waals surface area (Å²) in [4.78, 5) is 27.4. The number of amides is 1. The third-order valence-electron chi connectivity index (χ3n) is 5.01. The molecule has 3 fully saturated rings. The first-order valence-electron chi connectivity index (χ1n) is 7.58. The predicted molar refractivity (Wildman–Crippen MR) is 73.1 cm³/mol. The molecule has 1 saturated carbocycles. The number of carboxylic acid groups (broad SMARTS) is 1. The smallest absolute Gasteiger partial charge is 0.320 e. The highest BCUT2D eigenvalue weighted by molar-refractivity contribution is 5.89. The molecular formula is C14H23N3O3. The second-order valence-electron chi connectivity index (χ2n) is 6.41. The van der Waals surface area contributed by atoms with Crippen LogP contribution in [0.3, 0.4) is 0 Å². The highest BCUT2D eigenvalue weighted by Gasteiger charge is 2.49. The molecule has 6 heteroatoms. The summed E-state index contributed by atoms with van der Waals surface area (Å²) in [5, 5.41) is 9.25. The molecule has 0 spiro atoms. The lowest BCUT2D eigenvalue weighted by Crippen LogP contribution is -2.53. The van der Waals surface area contributed by atoms with E-state index in [0.717, 1.165) is 45.1 Å². The molecule has 3 aliphatic rings. The van der Waals surface area contributed by atoms with Gasteiger partial charge in [-0.2, -0.15) is 0 Å². The van der Waals surface area contributed by atoms with Crippen LogP contribution in [0.2, 0.25) is 0 Å². The Morgan fingerprint density at radius 2 is 1.75 bits per heavy atom. The third kappa shape index (κ3) is 2.42. The number of nitrogens with zero attached hydrogens (tertiary/aromatic N) is 2. The summed E-state index contributed by atoms with van der Waals surface area (Å²) in [6, 6.07) is -0.0258. The van der Waals surface area contributed by atoms with Gasteiger partial charge in [-0.25, -0.2) is 0 Å². The van der Waals surface area contributed by atoms with Crippen molar-refractivity contribution in [2.75, 3.05) is 19.6 Å². The van der Waals surface area contributed by atoms with E-state index in [1.165, 1.54) is 0 Å². The summed E-state index contributed by atoms with van der Waals surface area (Å²) in [5.74, 6) is -0.618. The fourth-order valence-corrected chi connectivity index (χ4v) is 3.56. The molecule has 1 amide bonds. The van der Waals surface area contributed by atoms with E-state index < -0.39 is 11.5 Å². The first-order valence-corrected chi connectivity index (χ1v) is 7.58. The molecule has 1 atom stereocenters. The fraction of sp³-hybridized carbons (Fsp3) is 0.857. The van der Waals surface area contributed by atoms with Crippen LogP contribution in [0.4, 0.5) is 0 Å². The molecule has 1 unspecified atom stereocenters. The zero-order valence-electron chi connectivity index (χ0n) is 11.8. The Bertz CT molecular complexity index is 414. The molecule has 2 aliphatic heterocycles. The minimum absolute atomic E-state index is 0.0900. The minimum atomic E-state index is -0.708. The lowest BCUT2D eigenvalue weighted by Gasteiger charge is -2.39. The summed E-state index contributed by atoms with van der Waals surface area (Å²) in [6.45, 7) is 2.30. The molecule has 20 heavy (non-hydrogen) atoms. The van der Waals surface area contributed by atoms with Crippen LogP contribution in [0.5, 0.6) is 0 Å². The standard InChI is InChI=1S/C14H23N3O3/c15-14(5-6-14)13(20)16-8-3-10(4-9-16)17-7-1-2-11(17)12(18)19/h10-11H,1-9,15H2,(H,18,19). The maximum absolute atomic E-state index is 12.2. The van der Waals surface area contributed by atoms with E-state index in [0.29, 0.717) is 19.1 Å².